The monoisotopic (exact) mass is 289 g/mol. The van der Waals surface area contributed by atoms with Crippen molar-refractivity contribution in [2.24, 2.45) is 5.73 Å². The van der Waals surface area contributed by atoms with Crippen LogP contribution in [0.4, 0.5) is 0 Å². The number of phosphoric acid groups is 1. The minimum absolute atomic E-state index is 0.0433. The average molecular weight is 289 g/mol. The van der Waals surface area contributed by atoms with Gasteiger partial charge in [0.2, 0.25) is 0 Å². The summed E-state index contributed by atoms with van der Waals surface area (Å²) in [6, 6.07) is 5.17. The molecule has 1 rings (SSSR count). The standard InChI is InChI=1S/C11H16NO6P/c1-2-17-11(13)10(12)7-8-3-5-9(6-4-8)18-19(14,15)16/h3-6,10H,2,7,12H2,1H3,(H2,14,15,16)/t10-/m0/s1. The van der Waals surface area contributed by atoms with Crippen LogP contribution in [0.15, 0.2) is 24.3 Å². The van der Waals surface area contributed by atoms with Gasteiger partial charge in [0.1, 0.15) is 11.8 Å². The molecule has 0 saturated carbocycles. The molecule has 1 atom stereocenters. The smallest absolute Gasteiger partial charge is 0.465 e. The minimum atomic E-state index is -4.55. The third kappa shape index (κ3) is 5.85. The van der Waals surface area contributed by atoms with E-state index in [4.69, 9.17) is 20.3 Å². The van der Waals surface area contributed by atoms with Crippen molar-refractivity contribution in [1.82, 2.24) is 0 Å². The van der Waals surface area contributed by atoms with E-state index in [1.807, 2.05) is 0 Å². The Hall–Kier alpha value is -1.40. The van der Waals surface area contributed by atoms with Gasteiger partial charge in [0.05, 0.1) is 6.61 Å². The van der Waals surface area contributed by atoms with Gasteiger partial charge < -0.3 is 15.0 Å². The van der Waals surface area contributed by atoms with Crippen LogP contribution < -0.4 is 10.3 Å². The maximum Gasteiger partial charge on any atom is 0.524 e. The van der Waals surface area contributed by atoms with Crippen LogP contribution in [0.5, 0.6) is 5.75 Å². The summed E-state index contributed by atoms with van der Waals surface area (Å²) in [5.41, 5.74) is 6.38. The Morgan fingerprint density at radius 1 is 1.37 bits per heavy atom. The van der Waals surface area contributed by atoms with Crippen molar-refractivity contribution in [2.45, 2.75) is 19.4 Å². The van der Waals surface area contributed by atoms with Crippen molar-refractivity contribution in [3.63, 3.8) is 0 Å². The van der Waals surface area contributed by atoms with Gasteiger partial charge >= 0.3 is 13.8 Å². The Labute approximate surface area is 110 Å². The summed E-state index contributed by atoms with van der Waals surface area (Å²) >= 11 is 0. The quantitative estimate of drug-likeness (QED) is 0.518. The first kappa shape index (κ1) is 15.7. The van der Waals surface area contributed by atoms with Crippen molar-refractivity contribution in [1.29, 1.82) is 0 Å². The van der Waals surface area contributed by atoms with Gasteiger partial charge in [-0.3, -0.25) is 14.6 Å². The van der Waals surface area contributed by atoms with Gasteiger partial charge in [0.25, 0.3) is 0 Å². The molecule has 0 spiro atoms. The fraction of sp³-hybridized carbons (Fsp3) is 0.364. The number of phosphoric ester groups is 1. The number of ether oxygens (including phenoxy) is 1. The SMILES string of the molecule is CCOC(=O)[C@@H](N)Cc1ccc(OP(=O)(O)O)cc1. The van der Waals surface area contributed by atoms with Gasteiger partial charge in [-0.1, -0.05) is 12.1 Å². The largest absolute Gasteiger partial charge is 0.524 e. The number of hydrogen-bond acceptors (Lipinski definition) is 5. The van der Waals surface area contributed by atoms with Crippen molar-refractivity contribution in [3.8, 4) is 5.75 Å². The lowest BCUT2D eigenvalue weighted by molar-refractivity contribution is -0.144. The maximum atomic E-state index is 11.3. The molecule has 7 nitrogen and oxygen atoms in total. The number of hydrogen-bond donors (Lipinski definition) is 3. The van der Waals surface area contributed by atoms with Gasteiger partial charge in [-0.25, -0.2) is 4.57 Å². The number of carbonyl (C=O) groups excluding carboxylic acids is 1. The Balaban J connectivity index is 2.62. The molecular weight excluding hydrogens is 273 g/mol. The second kappa shape index (κ2) is 6.68. The number of benzene rings is 1. The van der Waals surface area contributed by atoms with Crippen LogP contribution in [0.3, 0.4) is 0 Å². The predicted octanol–water partition coefficient (Wildman–Crippen LogP) is 0.591. The normalized spacial score (nSPS) is 12.8. The molecule has 8 heteroatoms. The summed E-state index contributed by atoms with van der Waals surface area (Å²) < 4.78 is 19.8. The topological polar surface area (TPSA) is 119 Å². The number of rotatable bonds is 6. The van der Waals surface area contributed by atoms with E-state index >= 15 is 0 Å². The first-order valence-electron chi connectivity index (χ1n) is 5.58. The van der Waals surface area contributed by atoms with Crippen molar-refractivity contribution in [3.05, 3.63) is 29.8 Å². The van der Waals surface area contributed by atoms with E-state index in [2.05, 4.69) is 4.52 Å². The van der Waals surface area contributed by atoms with Crippen LogP contribution in [0.1, 0.15) is 12.5 Å². The van der Waals surface area contributed by atoms with Gasteiger partial charge in [0, 0.05) is 0 Å². The molecule has 106 valence electrons. The molecule has 1 aromatic carbocycles. The van der Waals surface area contributed by atoms with E-state index in [0.717, 1.165) is 5.56 Å². The molecule has 0 aliphatic carbocycles. The Morgan fingerprint density at radius 3 is 2.42 bits per heavy atom. The molecule has 0 unspecified atom stereocenters. The van der Waals surface area contributed by atoms with Gasteiger partial charge in [-0.2, -0.15) is 0 Å². The lowest BCUT2D eigenvalue weighted by atomic mass is 10.1. The zero-order valence-electron chi connectivity index (χ0n) is 10.4. The molecular formula is C11H16NO6P. The summed E-state index contributed by atoms with van der Waals surface area (Å²) in [4.78, 5) is 28.6. The molecule has 0 bridgehead atoms. The summed E-state index contributed by atoms with van der Waals surface area (Å²) in [5, 5.41) is 0. The van der Waals surface area contributed by atoms with Gasteiger partial charge in [-0.15, -0.1) is 0 Å². The highest BCUT2D eigenvalue weighted by Crippen LogP contribution is 2.37. The van der Waals surface area contributed by atoms with Gasteiger partial charge in [-0.05, 0) is 31.0 Å². The third-order valence-electron chi connectivity index (χ3n) is 2.19. The molecule has 19 heavy (non-hydrogen) atoms. The predicted molar refractivity (Wildman–Crippen MR) is 67.4 cm³/mol. The molecule has 0 radical (unpaired) electrons. The maximum absolute atomic E-state index is 11.3. The lowest BCUT2D eigenvalue weighted by Crippen LogP contribution is -2.34. The summed E-state index contributed by atoms with van der Waals surface area (Å²) in [6.07, 6.45) is 0.273. The number of carbonyl (C=O) groups is 1. The Kier molecular flexibility index (Phi) is 5.50. The molecule has 0 saturated heterocycles. The van der Waals surface area contributed by atoms with E-state index < -0.39 is 19.8 Å². The Morgan fingerprint density at radius 2 is 1.95 bits per heavy atom. The third-order valence-corrected chi connectivity index (χ3v) is 2.64. The van der Waals surface area contributed by atoms with Crippen molar-refractivity contribution >= 4 is 13.8 Å². The number of esters is 1. The highest BCUT2D eigenvalue weighted by Gasteiger charge is 2.17. The van der Waals surface area contributed by atoms with E-state index in [1.165, 1.54) is 12.1 Å². The Bertz CT molecular complexity index is 469. The summed E-state index contributed by atoms with van der Waals surface area (Å²) in [7, 11) is -4.55. The molecule has 0 fully saturated rings. The average Bonchev–Trinajstić information content (AvgIpc) is 2.30. The van der Waals surface area contributed by atoms with Crippen LogP contribution in [0.2, 0.25) is 0 Å². The van der Waals surface area contributed by atoms with E-state index in [9.17, 15) is 9.36 Å². The van der Waals surface area contributed by atoms with E-state index in [1.54, 1.807) is 19.1 Å². The van der Waals surface area contributed by atoms with Gasteiger partial charge in [0.15, 0.2) is 0 Å². The minimum Gasteiger partial charge on any atom is -0.465 e. The molecule has 0 aromatic heterocycles. The fourth-order valence-electron chi connectivity index (χ4n) is 1.41. The van der Waals surface area contributed by atoms with Crippen LogP contribution in [-0.4, -0.2) is 28.4 Å². The van der Waals surface area contributed by atoms with E-state index in [0.29, 0.717) is 0 Å². The summed E-state index contributed by atoms with van der Waals surface area (Å²) in [5.74, 6) is -0.445. The fourth-order valence-corrected chi connectivity index (χ4v) is 1.81. The van der Waals surface area contributed by atoms with Crippen LogP contribution in [0.25, 0.3) is 0 Å². The second-order valence-electron chi connectivity index (χ2n) is 3.79. The zero-order valence-corrected chi connectivity index (χ0v) is 11.2. The molecule has 0 heterocycles. The highest BCUT2D eigenvalue weighted by atomic mass is 31.2. The second-order valence-corrected chi connectivity index (χ2v) is 4.95. The van der Waals surface area contributed by atoms with Crippen molar-refractivity contribution < 1.29 is 28.4 Å². The summed E-state index contributed by atoms with van der Waals surface area (Å²) in [6.45, 7) is 1.96. The zero-order chi connectivity index (χ0) is 14.5. The van der Waals surface area contributed by atoms with Crippen molar-refractivity contribution in [2.75, 3.05) is 6.61 Å². The highest BCUT2D eigenvalue weighted by molar-refractivity contribution is 7.46. The van der Waals surface area contributed by atoms with Crippen LogP contribution >= 0.6 is 7.82 Å². The molecule has 4 N–H and O–H groups in total. The van der Waals surface area contributed by atoms with Crippen LogP contribution in [0, 0.1) is 0 Å². The molecule has 0 aliphatic heterocycles. The first-order chi connectivity index (χ1) is 8.81. The first-order valence-corrected chi connectivity index (χ1v) is 7.11. The van der Waals surface area contributed by atoms with Crippen LogP contribution in [-0.2, 0) is 20.5 Å². The lowest BCUT2D eigenvalue weighted by Gasteiger charge is -2.11. The molecule has 0 aliphatic rings. The number of nitrogens with two attached hydrogens (primary N) is 1. The van der Waals surface area contributed by atoms with E-state index in [-0.39, 0.29) is 18.8 Å². The molecule has 1 aromatic rings. The molecule has 0 amide bonds.